The maximum Gasteiger partial charge on any atom is 0.265 e. The summed E-state index contributed by atoms with van der Waals surface area (Å²) in [6.07, 6.45) is 0.738. The van der Waals surface area contributed by atoms with Crippen LogP contribution in [0.15, 0.2) is 18.2 Å². The summed E-state index contributed by atoms with van der Waals surface area (Å²) in [5.41, 5.74) is 7.10. The number of hydrogen-bond donors (Lipinski definition) is 2. The average Bonchev–Trinajstić information content (AvgIpc) is 2.37. The number of anilines is 2. The number of amides is 1. The van der Waals surface area contributed by atoms with Gasteiger partial charge in [0.15, 0.2) is 6.61 Å². The molecule has 0 unspecified atom stereocenters. The van der Waals surface area contributed by atoms with Crippen molar-refractivity contribution in [3.05, 3.63) is 18.2 Å². The Bertz CT molecular complexity index is 486. The van der Waals surface area contributed by atoms with Crippen molar-refractivity contribution < 1.29 is 9.53 Å². The highest BCUT2D eigenvalue weighted by molar-refractivity contribution is 5.99. The van der Waals surface area contributed by atoms with Gasteiger partial charge in [0.1, 0.15) is 5.75 Å². The number of hydrogen-bond acceptors (Lipinski definition) is 4. The van der Waals surface area contributed by atoms with Gasteiger partial charge in [-0.1, -0.05) is 0 Å². The summed E-state index contributed by atoms with van der Waals surface area (Å²) in [7, 11) is 1.85. The average molecular weight is 263 g/mol. The lowest BCUT2D eigenvalue weighted by Gasteiger charge is -2.41. The Morgan fingerprint density at radius 1 is 1.47 bits per heavy atom. The minimum absolute atomic E-state index is 0.0285. The minimum atomic E-state index is -0.323. The number of fused-ring (bicyclic) bond motifs is 1. The first-order valence-corrected chi connectivity index (χ1v) is 6.47. The van der Waals surface area contributed by atoms with Crippen molar-refractivity contribution in [1.82, 2.24) is 0 Å². The topological polar surface area (TPSA) is 67.6 Å². The number of nitrogens with two attached hydrogens (primary N) is 1. The first kappa shape index (κ1) is 13.7. The van der Waals surface area contributed by atoms with Crippen LogP contribution in [0.1, 0.15) is 20.3 Å². The lowest BCUT2D eigenvalue weighted by molar-refractivity contribution is -0.122. The summed E-state index contributed by atoms with van der Waals surface area (Å²) < 4.78 is 5.49. The summed E-state index contributed by atoms with van der Waals surface area (Å²) in [6, 6.07) is 5.76. The molecule has 0 aromatic heterocycles. The van der Waals surface area contributed by atoms with Crippen molar-refractivity contribution in [3.63, 3.8) is 0 Å². The quantitative estimate of drug-likeness (QED) is 0.865. The molecule has 0 atom stereocenters. The van der Waals surface area contributed by atoms with Gasteiger partial charge in [-0.3, -0.25) is 4.79 Å². The first-order chi connectivity index (χ1) is 8.99. The third-order valence-electron chi connectivity index (χ3n) is 3.45. The molecule has 3 N–H and O–H groups in total. The molecule has 1 heterocycles. The van der Waals surface area contributed by atoms with Crippen molar-refractivity contribution in [2.45, 2.75) is 25.8 Å². The van der Waals surface area contributed by atoms with Crippen molar-refractivity contribution in [1.29, 1.82) is 0 Å². The van der Waals surface area contributed by atoms with Gasteiger partial charge in [0, 0.05) is 18.3 Å². The maximum absolute atomic E-state index is 12.2. The number of rotatable bonds is 4. The van der Waals surface area contributed by atoms with Gasteiger partial charge in [0.05, 0.1) is 5.69 Å². The van der Waals surface area contributed by atoms with E-state index in [0.29, 0.717) is 6.54 Å². The van der Waals surface area contributed by atoms with Crippen molar-refractivity contribution >= 4 is 17.3 Å². The number of carbonyl (C=O) groups is 1. The van der Waals surface area contributed by atoms with Crippen LogP contribution < -0.4 is 20.7 Å². The Balaban J connectivity index is 2.47. The fourth-order valence-electron chi connectivity index (χ4n) is 2.44. The Morgan fingerprint density at radius 2 is 2.21 bits per heavy atom. The summed E-state index contributed by atoms with van der Waals surface area (Å²) in [5.74, 6) is 0.711. The van der Waals surface area contributed by atoms with E-state index >= 15 is 0 Å². The second kappa shape index (κ2) is 5.09. The maximum atomic E-state index is 12.2. The van der Waals surface area contributed by atoms with E-state index < -0.39 is 0 Å². The molecule has 0 aliphatic carbocycles. The van der Waals surface area contributed by atoms with Crippen LogP contribution in [0.5, 0.6) is 5.75 Å². The second-order valence-corrected chi connectivity index (χ2v) is 5.30. The molecule has 0 fully saturated rings. The predicted molar refractivity (Wildman–Crippen MR) is 76.7 cm³/mol. The third-order valence-corrected chi connectivity index (χ3v) is 3.45. The van der Waals surface area contributed by atoms with Gasteiger partial charge >= 0.3 is 0 Å². The number of nitrogens with one attached hydrogen (secondary N) is 1. The number of ether oxygens (including phenoxy) is 1. The molecule has 5 heteroatoms. The molecule has 1 aromatic rings. The van der Waals surface area contributed by atoms with Crippen LogP contribution in [0.4, 0.5) is 11.4 Å². The van der Waals surface area contributed by atoms with Crippen LogP contribution in [-0.4, -0.2) is 31.6 Å². The molecular weight excluding hydrogens is 242 g/mol. The normalized spacial score (nSPS) is 14.9. The molecule has 1 amide bonds. The highest BCUT2D eigenvalue weighted by atomic mass is 16.5. The van der Waals surface area contributed by atoms with Crippen LogP contribution in [0.3, 0.4) is 0 Å². The molecule has 0 saturated heterocycles. The van der Waals surface area contributed by atoms with E-state index in [0.717, 1.165) is 23.5 Å². The van der Waals surface area contributed by atoms with Gasteiger partial charge in [-0.25, -0.2) is 0 Å². The van der Waals surface area contributed by atoms with Gasteiger partial charge < -0.3 is 20.7 Å². The zero-order chi connectivity index (χ0) is 14.0. The zero-order valence-corrected chi connectivity index (χ0v) is 11.7. The van der Waals surface area contributed by atoms with Crippen molar-refractivity contribution in [3.8, 4) is 5.75 Å². The summed E-state index contributed by atoms with van der Waals surface area (Å²) >= 11 is 0. The molecule has 2 rings (SSSR count). The number of carbonyl (C=O) groups excluding carboxylic acids is 1. The van der Waals surface area contributed by atoms with E-state index in [1.807, 2.05) is 39.1 Å². The highest BCUT2D eigenvalue weighted by Gasteiger charge is 2.36. The van der Waals surface area contributed by atoms with E-state index in [9.17, 15) is 4.79 Å². The van der Waals surface area contributed by atoms with Crippen LogP contribution >= 0.6 is 0 Å². The molecule has 0 bridgehead atoms. The molecular formula is C14H21N3O2. The monoisotopic (exact) mass is 263 g/mol. The van der Waals surface area contributed by atoms with Crippen LogP contribution in [-0.2, 0) is 4.79 Å². The fourth-order valence-corrected chi connectivity index (χ4v) is 2.44. The number of benzene rings is 1. The lowest BCUT2D eigenvalue weighted by Crippen LogP contribution is -2.52. The van der Waals surface area contributed by atoms with E-state index in [1.54, 1.807) is 4.90 Å². The largest absolute Gasteiger partial charge is 0.482 e. The molecule has 0 spiro atoms. The Hall–Kier alpha value is -1.75. The van der Waals surface area contributed by atoms with Crippen LogP contribution in [0.25, 0.3) is 0 Å². The molecule has 1 aromatic carbocycles. The second-order valence-electron chi connectivity index (χ2n) is 5.30. The molecule has 0 radical (unpaired) electrons. The van der Waals surface area contributed by atoms with Gasteiger partial charge in [-0.05, 0) is 45.0 Å². The molecule has 1 aliphatic heterocycles. The Labute approximate surface area is 113 Å². The standard InChI is InChI=1S/C14H21N3O2/c1-14(2,6-7-15)17-11-8-10(16-3)4-5-12(11)19-9-13(17)18/h4-5,8,16H,6-7,9,15H2,1-3H3. The van der Waals surface area contributed by atoms with Crippen LogP contribution in [0.2, 0.25) is 0 Å². The van der Waals surface area contributed by atoms with Gasteiger partial charge in [0.2, 0.25) is 0 Å². The summed E-state index contributed by atoms with van der Waals surface area (Å²) in [5, 5.41) is 3.08. The predicted octanol–water partition coefficient (Wildman–Crippen LogP) is 1.58. The first-order valence-electron chi connectivity index (χ1n) is 6.47. The highest BCUT2D eigenvalue weighted by Crippen LogP contribution is 2.39. The molecule has 104 valence electrons. The Morgan fingerprint density at radius 3 is 2.84 bits per heavy atom. The smallest absolute Gasteiger partial charge is 0.265 e. The number of nitrogens with zero attached hydrogens (tertiary/aromatic N) is 1. The molecule has 19 heavy (non-hydrogen) atoms. The van der Waals surface area contributed by atoms with Gasteiger partial charge in [-0.2, -0.15) is 0 Å². The van der Waals surface area contributed by atoms with E-state index in [2.05, 4.69) is 5.32 Å². The fraction of sp³-hybridized carbons (Fsp3) is 0.500. The van der Waals surface area contributed by atoms with Gasteiger partial charge in [-0.15, -0.1) is 0 Å². The summed E-state index contributed by atoms with van der Waals surface area (Å²) in [4.78, 5) is 14.0. The van der Waals surface area contributed by atoms with Crippen LogP contribution in [0, 0.1) is 0 Å². The third kappa shape index (κ3) is 2.51. The zero-order valence-electron chi connectivity index (χ0n) is 11.7. The molecule has 1 aliphatic rings. The van der Waals surface area contributed by atoms with E-state index in [-0.39, 0.29) is 18.1 Å². The molecule has 5 nitrogen and oxygen atoms in total. The van der Waals surface area contributed by atoms with E-state index in [1.165, 1.54) is 0 Å². The SMILES string of the molecule is CNc1ccc2c(c1)N(C(C)(C)CCN)C(=O)CO2. The summed E-state index contributed by atoms with van der Waals surface area (Å²) in [6.45, 7) is 4.68. The van der Waals surface area contributed by atoms with Crippen molar-refractivity contribution in [2.75, 3.05) is 30.4 Å². The Kier molecular flexibility index (Phi) is 3.66. The minimum Gasteiger partial charge on any atom is -0.482 e. The van der Waals surface area contributed by atoms with E-state index in [4.69, 9.17) is 10.5 Å². The molecule has 0 saturated carbocycles. The lowest BCUT2D eigenvalue weighted by atomic mass is 9.96. The van der Waals surface area contributed by atoms with Crippen molar-refractivity contribution in [2.24, 2.45) is 5.73 Å². The van der Waals surface area contributed by atoms with Gasteiger partial charge in [0.25, 0.3) is 5.91 Å².